The van der Waals surface area contributed by atoms with Gasteiger partial charge in [-0.3, -0.25) is 0 Å². The Labute approximate surface area is 112 Å². The standard InChI is InChI=1S/C12H14ClNO3S/c1-12(15)8-14(9-12)18(16,17)7-6-10-2-4-11(13)5-3-10/h2-7,15H,8-9H2,1H3. The van der Waals surface area contributed by atoms with E-state index in [0.717, 1.165) is 11.0 Å². The minimum atomic E-state index is -3.44. The maximum atomic E-state index is 11.8. The van der Waals surface area contributed by atoms with Gasteiger partial charge in [0.05, 0.1) is 5.60 Å². The van der Waals surface area contributed by atoms with E-state index in [9.17, 15) is 13.5 Å². The van der Waals surface area contributed by atoms with E-state index in [4.69, 9.17) is 11.6 Å². The van der Waals surface area contributed by atoms with Crippen molar-refractivity contribution < 1.29 is 13.5 Å². The fourth-order valence-corrected chi connectivity index (χ4v) is 3.26. The maximum Gasteiger partial charge on any atom is 0.236 e. The molecule has 1 aromatic rings. The van der Waals surface area contributed by atoms with Crippen molar-refractivity contribution in [2.75, 3.05) is 13.1 Å². The Morgan fingerprint density at radius 1 is 1.33 bits per heavy atom. The lowest BCUT2D eigenvalue weighted by Crippen LogP contribution is -2.61. The van der Waals surface area contributed by atoms with Crippen molar-refractivity contribution in [1.29, 1.82) is 0 Å². The minimum absolute atomic E-state index is 0.139. The summed E-state index contributed by atoms with van der Waals surface area (Å²) in [6.07, 6.45) is 1.51. The highest BCUT2D eigenvalue weighted by Gasteiger charge is 2.42. The van der Waals surface area contributed by atoms with Crippen LogP contribution in [-0.4, -0.2) is 36.5 Å². The van der Waals surface area contributed by atoms with Crippen LogP contribution in [-0.2, 0) is 10.0 Å². The highest BCUT2D eigenvalue weighted by molar-refractivity contribution is 7.92. The normalized spacial score (nSPS) is 19.9. The molecule has 2 rings (SSSR count). The molecule has 1 aliphatic rings. The number of nitrogens with zero attached hydrogens (tertiary/aromatic N) is 1. The quantitative estimate of drug-likeness (QED) is 0.921. The number of hydrogen-bond donors (Lipinski definition) is 1. The van der Waals surface area contributed by atoms with Gasteiger partial charge >= 0.3 is 0 Å². The van der Waals surface area contributed by atoms with E-state index in [-0.39, 0.29) is 13.1 Å². The molecule has 1 N–H and O–H groups in total. The van der Waals surface area contributed by atoms with Crippen molar-refractivity contribution >= 4 is 27.7 Å². The van der Waals surface area contributed by atoms with E-state index in [1.165, 1.54) is 10.4 Å². The van der Waals surface area contributed by atoms with Crippen molar-refractivity contribution in [3.8, 4) is 0 Å². The smallest absolute Gasteiger partial charge is 0.236 e. The predicted octanol–water partition coefficient (Wildman–Crippen LogP) is 1.71. The largest absolute Gasteiger partial charge is 0.387 e. The third-order valence-electron chi connectivity index (χ3n) is 2.70. The third kappa shape index (κ3) is 3.11. The minimum Gasteiger partial charge on any atom is -0.387 e. The van der Waals surface area contributed by atoms with Crippen molar-refractivity contribution in [3.05, 3.63) is 40.3 Å². The Morgan fingerprint density at radius 3 is 2.39 bits per heavy atom. The summed E-state index contributed by atoms with van der Waals surface area (Å²) in [5.41, 5.74) is -0.142. The van der Waals surface area contributed by atoms with Gasteiger partial charge in [-0.1, -0.05) is 23.7 Å². The molecule has 1 fully saturated rings. The van der Waals surface area contributed by atoms with Gasteiger partial charge < -0.3 is 5.11 Å². The molecule has 0 radical (unpaired) electrons. The summed E-state index contributed by atoms with van der Waals surface area (Å²) >= 11 is 5.74. The predicted molar refractivity (Wildman–Crippen MR) is 71.6 cm³/mol. The number of benzene rings is 1. The highest BCUT2D eigenvalue weighted by Crippen LogP contribution is 2.24. The van der Waals surface area contributed by atoms with Crippen molar-refractivity contribution in [1.82, 2.24) is 4.31 Å². The van der Waals surface area contributed by atoms with E-state index in [2.05, 4.69) is 0 Å². The summed E-state index contributed by atoms with van der Waals surface area (Å²) in [7, 11) is -3.44. The van der Waals surface area contributed by atoms with E-state index in [1.807, 2.05) is 0 Å². The van der Waals surface area contributed by atoms with Crippen LogP contribution in [0.25, 0.3) is 6.08 Å². The lowest BCUT2D eigenvalue weighted by atomic mass is 10.0. The number of halogens is 1. The Hall–Kier alpha value is -0.880. The monoisotopic (exact) mass is 287 g/mol. The topological polar surface area (TPSA) is 57.6 Å². The van der Waals surface area contributed by atoms with E-state index < -0.39 is 15.6 Å². The molecule has 6 heteroatoms. The van der Waals surface area contributed by atoms with E-state index in [1.54, 1.807) is 31.2 Å². The lowest BCUT2D eigenvalue weighted by molar-refractivity contribution is -0.0420. The van der Waals surface area contributed by atoms with Crippen LogP contribution in [0.4, 0.5) is 0 Å². The number of β-amino-alcohol motifs (C(OH)–C–C–N with tert-alkyl or cyclic N) is 1. The van der Waals surface area contributed by atoms with Gasteiger partial charge in [-0.25, -0.2) is 8.42 Å². The van der Waals surface area contributed by atoms with E-state index >= 15 is 0 Å². The van der Waals surface area contributed by atoms with Gasteiger partial charge in [0.1, 0.15) is 0 Å². The Bertz CT molecular complexity index is 555. The van der Waals surface area contributed by atoms with Crippen LogP contribution >= 0.6 is 11.6 Å². The van der Waals surface area contributed by atoms with Crippen LogP contribution < -0.4 is 0 Å². The molecule has 0 aromatic heterocycles. The molecule has 0 aliphatic carbocycles. The second kappa shape index (κ2) is 4.66. The maximum absolute atomic E-state index is 11.8. The first kappa shape index (κ1) is 13.5. The molecule has 0 atom stereocenters. The Kier molecular flexibility index (Phi) is 3.51. The van der Waals surface area contributed by atoms with Crippen molar-refractivity contribution in [2.45, 2.75) is 12.5 Å². The first-order valence-electron chi connectivity index (χ1n) is 5.45. The van der Waals surface area contributed by atoms with Crippen LogP contribution in [0.1, 0.15) is 12.5 Å². The van der Waals surface area contributed by atoms with Crippen molar-refractivity contribution in [3.63, 3.8) is 0 Å². The average molecular weight is 288 g/mol. The van der Waals surface area contributed by atoms with Gasteiger partial charge in [0.25, 0.3) is 0 Å². The first-order valence-corrected chi connectivity index (χ1v) is 7.33. The zero-order chi connectivity index (χ0) is 13.4. The van der Waals surface area contributed by atoms with Crippen LogP contribution in [0.2, 0.25) is 5.02 Å². The van der Waals surface area contributed by atoms with Gasteiger partial charge in [0.15, 0.2) is 0 Å². The third-order valence-corrected chi connectivity index (χ3v) is 4.41. The molecule has 1 heterocycles. The molecule has 18 heavy (non-hydrogen) atoms. The van der Waals surface area contributed by atoms with Gasteiger partial charge in [-0.05, 0) is 30.7 Å². The van der Waals surface area contributed by atoms with Gasteiger partial charge in [0, 0.05) is 23.5 Å². The second-order valence-corrected chi connectivity index (χ2v) is 6.92. The first-order chi connectivity index (χ1) is 8.28. The summed E-state index contributed by atoms with van der Waals surface area (Å²) in [5.74, 6) is 0. The summed E-state index contributed by atoms with van der Waals surface area (Å²) in [4.78, 5) is 0. The van der Waals surface area contributed by atoms with Crippen LogP contribution in [0.3, 0.4) is 0 Å². The molecule has 1 aromatic carbocycles. The Morgan fingerprint density at radius 2 is 1.89 bits per heavy atom. The lowest BCUT2D eigenvalue weighted by Gasteiger charge is -2.42. The summed E-state index contributed by atoms with van der Waals surface area (Å²) in [6, 6.07) is 6.87. The molecule has 0 unspecified atom stereocenters. The average Bonchev–Trinajstić information content (AvgIpc) is 2.25. The molecule has 0 amide bonds. The molecule has 1 aliphatic heterocycles. The summed E-state index contributed by atoms with van der Waals surface area (Å²) in [5, 5.41) is 11.3. The molecule has 1 saturated heterocycles. The zero-order valence-electron chi connectivity index (χ0n) is 9.88. The van der Waals surface area contributed by atoms with Gasteiger partial charge in [-0.2, -0.15) is 4.31 Å². The molecule has 98 valence electrons. The second-order valence-electron chi connectivity index (χ2n) is 4.66. The Balaban J connectivity index is 2.07. The molecule has 0 bridgehead atoms. The summed E-state index contributed by atoms with van der Waals surface area (Å²) in [6.45, 7) is 1.89. The fourth-order valence-electron chi connectivity index (χ4n) is 1.72. The van der Waals surface area contributed by atoms with Crippen LogP contribution in [0, 0.1) is 0 Å². The number of aliphatic hydroxyl groups is 1. The molecule has 0 saturated carbocycles. The number of hydrogen-bond acceptors (Lipinski definition) is 3. The molecule has 0 spiro atoms. The highest BCUT2D eigenvalue weighted by atomic mass is 35.5. The van der Waals surface area contributed by atoms with Crippen LogP contribution in [0.5, 0.6) is 0 Å². The summed E-state index contributed by atoms with van der Waals surface area (Å²) < 4.78 is 24.9. The number of sulfonamides is 1. The zero-order valence-corrected chi connectivity index (χ0v) is 11.4. The molecular weight excluding hydrogens is 274 g/mol. The van der Waals surface area contributed by atoms with Gasteiger partial charge in [-0.15, -0.1) is 0 Å². The SMILES string of the molecule is CC1(O)CN(S(=O)(=O)C=Cc2ccc(Cl)cc2)C1. The number of rotatable bonds is 3. The van der Waals surface area contributed by atoms with Crippen molar-refractivity contribution in [2.24, 2.45) is 0 Å². The van der Waals surface area contributed by atoms with Gasteiger partial charge in [0.2, 0.25) is 10.0 Å². The molecule has 4 nitrogen and oxygen atoms in total. The van der Waals surface area contributed by atoms with Crippen LogP contribution in [0.15, 0.2) is 29.7 Å². The van der Waals surface area contributed by atoms with E-state index in [0.29, 0.717) is 5.02 Å². The molecular formula is C12H14ClNO3S. The fraction of sp³-hybridized carbons (Fsp3) is 0.333.